The van der Waals surface area contributed by atoms with Crippen LogP contribution in [0.5, 0.6) is 0 Å². The molecule has 1 aromatic carbocycles. The molecule has 1 radical (unpaired) electrons. The van der Waals surface area contributed by atoms with Gasteiger partial charge in [-0.3, -0.25) is 0 Å². The van der Waals surface area contributed by atoms with E-state index in [-0.39, 0.29) is 0 Å². The lowest BCUT2D eigenvalue weighted by atomic mass is 10.4. The summed E-state index contributed by atoms with van der Waals surface area (Å²) in [5, 5.41) is 0.794. The van der Waals surface area contributed by atoms with E-state index in [0.717, 1.165) is 5.02 Å². The van der Waals surface area contributed by atoms with Gasteiger partial charge in [-0.25, -0.2) is 0 Å². The highest BCUT2D eigenvalue weighted by Crippen LogP contribution is 2.19. The molecule has 0 aromatic heterocycles. The van der Waals surface area contributed by atoms with Crippen molar-refractivity contribution in [2.24, 2.45) is 0 Å². The summed E-state index contributed by atoms with van der Waals surface area (Å²) in [5.41, 5.74) is 0. The van der Waals surface area contributed by atoms with Crippen LogP contribution >= 0.6 is 41.4 Å². The summed E-state index contributed by atoms with van der Waals surface area (Å²) in [6.07, 6.45) is 0. The van der Waals surface area contributed by atoms with Gasteiger partial charge < -0.3 is 0 Å². The molecule has 0 bridgehead atoms. The highest BCUT2D eigenvalue weighted by Gasteiger charge is 1.74. The minimum atomic E-state index is 0.361. The Balaban J connectivity index is 0.000000236. The quantitative estimate of drug-likeness (QED) is 0.555. The molecule has 55 valence electrons. The Hall–Kier alpha value is 0.520. The fourth-order valence-corrected chi connectivity index (χ4v) is 0.560. The second-order valence-electron chi connectivity index (χ2n) is 1.36. The molecule has 0 spiro atoms. The van der Waals surface area contributed by atoms with E-state index in [2.05, 4.69) is 0 Å². The van der Waals surface area contributed by atoms with Crippen LogP contribution in [0.15, 0.2) is 30.3 Å². The summed E-state index contributed by atoms with van der Waals surface area (Å²) >= 11 is 15.0. The van der Waals surface area contributed by atoms with E-state index in [0.29, 0.717) is 7.29 Å². The molecule has 0 atom stereocenters. The van der Waals surface area contributed by atoms with Crippen LogP contribution in [0, 0.1) is 0 Å². The molecule has 0 N–H and O–H groups in total. The smallest absolute Gasteiger partial charge is 0.0843 e. The van der Waals surface area contributed by atoms with Crippen molar-refractivity contribution in [2.75, 3.05) is 0 Å². The van der Waals surface area contributed by atoms with E-state index in [1.807, 2.05) is 30.3 Å². The van der Waals surface area contributed by atoms with Gasteiger partial charge in [-0.05, 0) is 12.1 Å². The molecule has 1 aromatic rings. The Bertz CT molecular complexity index is 154. The monoisotopic (exact) mass is 213 g/mol. The van der Waals surface area contributed by atoms with Crippen LogP contribution in [0.4, 0.5) is 0 Å². The van der Waals surface area contributed by atoms with Crippen molar-refractivity contribution in [2.45, 2.75) is 0 Å². The van der Waals surface area contributed by atoms with E-state index in [1.165, 1.54) is 0 Å². The van der Waals surface area contributed by atoms with Gasteiger partial charge in [-0.2, -0.15) is 0 Å². The van der Waals surface area contributed by atoms with E-state index in [4.69, 9.17) is 34.1 Å². The highest BCUT2D eigenvalue weighted by molar-refractivity contribution is 7.90. The Morgan fingerprint density at radius 2 is 1.40 bits per heavy atom. The Morgan fingerprint density at radius 1 is 1.00 bits per heavy atom. The third-order valence-corrected chi connectivity index (χ3v) is 0.985. The van der Waals surface area contributed by atoms with Gasteiger partial charge in [0.25, 0.3) is 0 Å². The fourth-order valence-electron chi connectivity index (χ4n) is 0.415. The van der Waals surface area contributed by atoms with Crippen molar-refractivity contribution in [3.63, 3.8) is 0 Å². The van der Waals surface area contributed by atoms with Gasteiger partial charge in [0.1, 0.15) is 7.29 Å². The standard InChI is InChI=1S/C6H5Cl.Cl2P/c7-6-4-2-1-3-5-6;1-3-2/h1-5H;. The molecule has 0 unspecified atom stereocenters. The first-order valence-corrected chi connectivity index (χ1v) is 5.52. The zero-order valence-corrected chi connectivity index (χ0v) is 8.13. The van der Waals surface area contributed by atoms with Crippen molar-refractivity contribution in [3.05, 3.63) is 35.4 Å². The predicted octanol–water partition coefficient (Wildman–Crippen LogP) is 4.58. The molecular formula is C6H5Cl3P. The summed E-state index contributed by atoms with van der Waals surface area (Å²) in [6.45, 7) is 0. The number of hydrogen-bond acceptors (Lipinski definition) is 0. The third-order valence-electron chi connectivity index (χ3n) is 0.733. The first-order chi connectivity index (χ1) is 4.81. The van der Waals surface area contributed by atoms with Crippen molar-refractivity contribution in [3.8, 4) is 0 Å². The van der Waals surface area contributed by atoms with E-state index >= 15 is 0 Å². The molecule has 10 heavy (non-hydrogen) atoms. The average Bonchev–Trinajstić information content (AvgIpc) is 1.91. The van der Waals surface area contributed by atoms with Gasteiger partial charge in [-0.1, -0.05) is 52.3 Å². The summed E-state index contributed by atoms with van der Waals surface area (Å²) in [4.78, 5) is 0. The van der Waals surface area contributed by atoms with Crippen LogP contribution in [-0.2, 0) is 0 Å². The van der Waals surface area contributed by atoms with Crippen LogP contribution in [0.1, 0.15) is 0 Å². The van der Waals surface area contributed by atoms with Gasteiger partial charge in [0.05, 0.1) is 0 Å². The lowest BCUT2D eigenvalue weighted by Crippen LogP contribution is -1.55. The second kappa shape index (κ2) is 7.63. The zero-order valence-electron chi connectivity index (χ0n) is 4.97. The topological polar surface area (TPSA) is 0 Å². The first-order valence-electron chi connectivity index (χ1n) is 2.44. The van der Waals surface area contributed by atoms with Crippen LogP contribution in [0.25, 0.3) is 0 Å². The van der Waals surface area contributed by atoms with Gasteiger partial charge in [0, 0.05) is 5.02 Å². The summed E-state index contributed by atoms with van der Waals surface area (Å²) in [7, 11) is 0.361. The third kappa shape index (κ3) is 6.64. The average molecular weight is 214 g/mol. The molecule has 0 aliphatic rings. The lowest BCUT2D eigenvalue weighted by molar-refractivity contribution is 1.71. The number of halogens is 3. The van der Waals surface area contributed by atoms with Gasteiger partial charge in [0.2, 0.25) is 0 Å². The molecule has 0 nitrogen and oxygen atoms in total. The number of benzene rings is 1. The molecule has 0 saturated carbocycles. The van der Waals surface area contributed by atoms with Crippen LogP contribution in [0.2, 0.25) is 5.02 Å². The first kappa shape index (κ1) is 10.5. The van der Waals surface area contributed by atoms with Crippen molar-refractivity contribution in [1.82, 2.24) is 0 Å². The maximum Gasteiger partial charge on any atom is 0.141 e. The number of rotatable bonds is 0. The Morgan fingerprint density at radius 3 is 1.60 bits per heavy atom. The van der Waals surface area contributed by atoms with Crippen molar-refractivity contribution in [1.29, 1.82) is 0 Å². The molecule has 0 saturated heterocycles. The minimum absolute atomic E-state index is 0.361. The lowest BCUT2D eigenvalue weighted by Gasteiger charge is -1.80. The maximum atomic E-state index is 5.54. The van der Waals surface area contributed by atoms with E-state index in [9.17, 15) is 0 Å². The molecule has 0 aliphatic heterocycles. The van der Waals surface area contributed by atoms with Gasteiger partial charge in [-0.15, -0.1) is 0 Å². The minimum Gasteiger partial charge on any atom is -0.0843 e. The maximum absolute atomic E-state index is 5.54. The van der Waals surface area contributed by atoms with E-state index < -0.39 is 0 Å². The molecule has 4 heteroatoms. The molecule has 0 amide bonds. The van der Waals surface area contributed by atoms with Crippen LogP contribution in [-0.4, -0.2) is 0 Å². The molecule has 0 heterocycles. The van der Waals surface area contributed by atoms with E-state index in [1.54, 1.807) is 0 Å². The van der Waals surface area contributed by atoms with Gasteiger partial charge in [0.15, 0.2) is 0 Å². The largest absolute Gasteiger partial charge is 0.141 e. The molecule has 0 aliphatic carbocycles. The summed E-state index contributed by atoms with van der Waals surface area (Å²) in [6, 6.07) is 9.44. The Labute approximate surface area is 76.8 Å². The highest BCUT2D eigenvalue weighted by atomic mass is 35.9. The van der Waals surface area contributed by atoms with Crippen LogP contribution in [0.3, 0.4) is 0 Å². The Kier molecular flexibility index (Phi) is 8.02. The fraction of sp³-hybridized carbons (Fsp3) is 0. The van der Waals surface area contributed by atoms with Crippen molar-refractivity contribution >= 4 is 41.4 Å². The molecule has 1 rings (SSSR count). The predicted molar refractivity (Wildman–Crippen MR) is 50.1 cm³/mol. The molecule has 0 fully saturated rings. The number of hydrogen-bond donors (Lipinski definition) is 0. The summed E-state index contributed by atoms with van der Waals surface area (Å²) in [5.74, 6) is 0. The molecular weight excluding hydrogens is 209 g/mol. The van der Waals surface area contributed by atoms with Crippen LogP contribution < -0.4 is 0 Å². The summed E-state index contributed by atoms with van der Waals surface area (Å²) < 4.78 is 0. The zero-order chi connectivity index (χ0) is 7.82. The van der Waals surface area contributed by atoms with Crippen molar-refractivity contribution < 1.29 is 0 Å². The second-order valence-corrected chi connectivity index (χ2v) is 3.46. The normalized spacial score (nSPS) is 7.90. The SMILES string of the molecule is Cl[P]Cl.Clc1ccccc1. The van der Waals surface area contributed by atoms with Gasteiger partial charge >= 0.3 is 0 Å².